The number of benzene rings is 1. The number of likely N-dealkylation sites (tertiary alicyclic amines) is 1. The molecule has 2 heteroatoms. The maximum Gasteiger partial charge on any atom is 0.115 e. The highest BCUT2D eigenvalue weighted by Gasteiger charge is 2.26. The van der Waals surface area contributed by atoms with Crippen molar-refractivity contribution in [2.45, 2.75) is 57.4 Å². The van der Waals surface area contributed by atoms with Crippen molar-refractivity contribution in [2.24, 2.45) is 0 Å². The maximum absolute atomic E-state index is 9.79. The third kappa shape index (κ3) is 2.94. The van der Waals surface area contributed by atoms with Crippen molar-refractivity contribution in [3.8, 4) is 5.75 Å². The number of nitrogens with zero attached hydrogens (tertiary/aromatic N) is 1. The Kier molecular flexibility index (Phi) is 4.07. The lowest BCUT2D eigenvalue weighted by molar-refractivity contribution is 0.163. The second kappa shape index (κ2) is 5.96. The molecule has 2 nitrogen and oxygen atoms in total. The number of phenolic OH excluding ortho intramolecular Hbond substituents is 1. The first kappa shape index (κ1) is 13.0. The molecule has 1 aromatic rings. The van der Waals surface area contributed by atoms with Gasteiger partial charge in [0.2, 0.25) is 0 Å². The van der Waals surface area contributed by atoms with Crippen molar-refractivity contribution in [1.29, 1.82) is 0 Å². The van der Waals surface area contributed by atoms with Gasteiger partial charge in [0.25, 0.3) is 0 Å². The number of rotatable bonds is 1. The Bertz CT molecular complexity index is 421. The average molecular weight is 259 g/mol. The fraction of sp³-hybridized carbons (Fsp3) is 0.647. The Balaban J connectivity index is 1.82. The Morgan fingerprint density at radius 2 is 1.68 bits per heavy atom. The summed E-state index contributed by atoms with van der Waals surface area (Å²) in [6.07, 6.45) is 10.6. The summed E-state index contributed by atoms with van der Waals surface area (Å²) in [7, 11) is 0. The zero-order valence-electron chi connectivity index (χ0n) is 11.8. The van der Waals surface area contributed by atoms with Gasteiger partial charge in [-0.05, 0) is 68.5 Å². The SMILES string of the molecule is Oc1ccc2c(c1)C(N1CCCCCCC1)CCC2. The first-order valence-electron chi connectivity index (χ1n) is 7.90. The minimum Gasteiger partial charge on any atom is -0.508 e. The molecule has 1 aliphatic carbocycles. The number of hydrogen-bond donors (Lipinski definition) is 1. The Morgan fingerprint density at radius 3 is 2.47 bits per heavy atom. The van der Waals surface area contributed by atoms with Gasteiger partial charge in [0.1, 0.15) is 5.75 Å². The highest BCUT2D eigenvalue weighted by Crippen LogP contribution is 2.36. The molecule has 1 atom stereocenters. The van der Waals surface area contributed by atoms with E-state index in [0.29, 0.717) is 11.8 Å². The number of aryl methyl sites for hydroxylation is 1. The van der Waals surface area contributed by atoms with Crippen molar-refractivity contribution in [3.05, 3.63) is 29.3 Å². The molecular weight excluding hydrogens is 234 g/mol. The Morgan fingerprint density at radius 1 is 0.947 bits per heavy atom. The summed E-state index contributed by atoms with van der Waals surface area (Å²) >= 11 is 0. The number of phenols is 1. The van der Waals surface area contributed by atoms with Crippen LogP contribution in [0.1, 0.15) is 62.1 Å². The van der Waals surface area contributed by atoms with E-state index in [1.54, 1.807) is 0 Å². The number of aromatic hydroxyl groups is 1. The molecular formula is C17H25NO. The molecule has 0 saturated carbocycles. The van der Waals surface area contributed by atoms with Crippen molar-refractivity contribution >= 4 is 0 Å². The molecule has 1 aliphatic heterocycles. The van der Waals surface area contributed by atoms with Crippen LogP contribution in [0.5, 0.6) is 5.75 Å². The van der Waals surface area contributed by atoms with Gasteiger partial charge in [0.05, 0.1) is 0 Å². The number of fused-ring (bicyclic) bond motifs is 1. The van der Waals surface area contributed by atoms with Crippen LogP contribution in [0.15, 0.2) is 18.2 Å². The molecule has 0 radical (unpaired) electrons. The van der Waals surface area contributed by atoms with E-state index in [4.69, 9.17) is 0 Å². The summed E-state index contributed by atoms with van der Waals surface area (Å²) in [6, 6.07) is 6.53. The van der Waals surface area contributed by atoms with Crippen LogP contribution in [0.25, 0.3) is 0 Å². The molecule has 1 unspecified atom stereocenters. The van der Waals surface area contributed by atoms with E-state index in [1.807, 2.05) is 12.1 Å². The van der Waals surface area contributed by atoms with Crippen LogP contribution in [0.4, 0.5) is 0 Å². The van der Waals surface area contributed by atoms with E-state index < -0.39 is 0 Å². The zero-order chi connectivity index (χ0) is 13.1. The molecule has 1 N–H and O–H groups in total. The largest absolute Gasteiger partial charge is 0.508 e. The summed E-state index contributed by atoms with van der Waals surface area (Å²) in [6.45, 7) is 2.47. The van der Waals surface area contributed by atoms with Gasteiger partial charge in [0.15, 0.2) is 0 Å². The monoisotopic (exact) mass is 259 g/mol. The van der Waals surface area contributed by atoms with Crippen molar-refractivity contribution < 1.29 is 5.11 Å². The Labute approximate surface area is 116 Å². The van der Waals surface area contributed by atoms with Crippen molar-refractivity contribution in [2.75, 3.05) is 13.1 Å². The molecule has 0 bridgehead atoms. The van der Waals surface area contributed by atoms with Crippen molar-refractivity contribution in [1.82, 2.24) is 4.90 Å². The topological polar surface area (TPSA) is 23.5 Å². The molecule has 1 fully saturated rings. The molecule has 3 rings (SSSR count). The van der Waals surface area contributed by atoms with E-state index in [2.05, 4.69) is 11.0 Å². The first-order chi connectivity index (χ1) is 9.34. The van der Waals surface area contributed by atoms with Gasteiger partial charge in [-0.2, -0.15) is 0 Å². The Hall–Kier alpha value is -1.02. The van der Waals surface area contributed by atoms with E-state index in [-0.39, 0.29) is 0 Å². The van der Waals surface area contributed by atoms with Gasteiger partial charge < -0.3 is 5.11 Å². The zero-order valence-corrected chi connectivity index (χ0v) is 11.8. The van der Waals surface area contributed by atoms with E-state index in [0.717, 1.165) is 0 Å². The molecule has 104 valence electrons. The molecule has 0 amide bonds. The van der Waals surface area contributed by atoms with E-state index in [9.17, 15) is 5.11 Å². The summed E-state index contributed by atoms with van der Waals surface area (Å²) in [5.74, 6) is 0.428. The standard InChI is InChI=1S/C17H25NO/c19-15-10-9-14-7-6-8-17(16(14)13-15)18-11-4-2-1-3-5-12-18/h9-10,13,17,19H,1-8,11-12H2. The predicted octanol–water partition coefficient (Wildman–Crippen LogP) is 4.04. The summed E-state index contributed by atoms with van der Waals surface area (Å²) in [4.78, 5) is 2.68. The van der Waals surface area contributed by atoms with Gasteiger partial charge in [-0.15, -0.1) is 0 Å². The van der Waals surface area contributed by atoms with Crippen molar-refractivity contribution in [3.63, 3.8) is 0 Å². The van der Waals surface area contributed by atoms with Crippen LogP contribution < -0.4 is 0 Å². The number of hydrogen-bond acceptors (Lipinski definition) is 2. The summed E-state index contributed by atoms with van der Waals surface area (Å²) < 4.78 is 0. The van der Waals surface area contributed by atoms with Crippen LogP contribution in [-0.4, -0.2) is 23.1 Å². The molecule has 0 aromatic heterocycles. The fourth-order valence-electron chi connectivity index (χ4n) is 3.72. The van der Waals surface area contributed by atoms with Gasteiger partial charge >= 0.3 is 0 Å². The molecule has 19 heavy (non-hydrogen) atoms. The van der Waals surface area contributed by atoms with E-state index >= 15 is 0 Å². The average Bonchev–Trinajstić information content (AvgIpc) is 2.38. The van der Waals surface area contributed by atoms with Gasteiger partial charge in [-0.25, -0.2) is 0 Å². The normalized spacial score (nSPS) is 25.4. The smallest absolute Gasteiger partial charge is 0.115 e. The van der Waals surface area contributed by atoms with Crippen LogP contribution in [0.2, 0.25) is 0 Å². The second-order valence-electron chi connectivity index (χ2n) is 6.09. The second-order valence-corrected chi connectivity index (χ2v) is 6.09. The molecule has 2 aliphatic rings. The van der Waals surface area contributed by atoms with Crippen LogP contribution in [-0.2, 0) is 6.42 Å². The predicted molar refractivity (Wildman–Crippen MR) is 78.4 cm³/mol. The van der Waals surface area contributed by atoms with Gasteiger partial charge in [-0.3, -0.25) is 4.90 Å². The van der Waals surface area contributed by atoms with Crippen LogP contribution in [0, 0.1) is 0 Å². The van der Waals surface area contributed by atoms with E-state index in [1.165, 1.54) is 75.6 Å². The molecule has 0 spiro atoms. The molecule has 1 heterocycles. The highest BCUT2D eigenvalue weighted by molar-refractivity contribution is 5.38. The third-order valence-electron chi connectivity index (χ3n) is 4.74. The lowest BCUT2D eigenvalue weighted by atomic mass is 9.86. The lowest BCUT2D eigenvalue weighted by Crippen LogP contribution is -2.33. The quantitative estimate of drug-likeness (QED) is 0.823. The minimum atomic E-state index is 0.428. The first-order valence-corrected chi connectivity index (χ1v) is 7.90. The summed E-state index contributed by atoms with van der Waals surface area (Å²) in [5, 5.41) is 9.79. The minimum absolute atomic E-state index is 0.428. The fourth-order valence-corrected chi connectivity index (χ4v) is 3.72. The van der Waals surface area contributed by atoms with Gasteiger partial charge in [-0.1, -0.05) is 25.3 Å². The maximum atomic E-state index is 9.79. The molecule has 1 saturated heterocycles. The summed E-state index contributed by atoms with van der Waals surface area (Å²) in [5.41, 5.74) is 2.85. The highest BCUT2D eigenvalue weighted by atomic mass is 16.3. The van der Waals surface area contributed by atoms with Gasteiger partial charge in [0, 0.05) is 6.04 Å². The van der Waals surface area contributed by atoms with Crippen LogP contribution >= 0.6 is 0 Å². The molecule has 1 aromatic carbocycles. The lowest BCUT2D eigenvalue weighted by Gasteiger charge is -2.37. The van der Waals surface area contributed by atoms with Crippen LogP contribution in [0.3, 0.4) is 0 Å². The third-order valence-corrected chi connectivity index (χ3v) is 4.74.